The average molecular weight is 1300 g/mol. The number of rotatable bonds is 19. The molecule has 2 amide bonds. The predicted octanol–water partition coefficient (Wildman–Crippen LogP) is 9.53. The van der Waals surface area contributed by atoms with Gasteiger partial charge in [-0.1, -0.05) is 43.5 Å². The van der Waals surface area contributed by atoms with Gasteiger partial charge in [0.2, 0.25) is 11.8 Å². The molecule has 8 rings (SSSR count). The zero-order valence-electron chi connectivity index (χ0n) is 45.5. The molecule has 4 atom stereocenters. The topological polar surface area (TPSA) is 273 Å². The molecular formula is C53H49ClF10N7O12PS2. The predicted molar refractivity (Wildman–Crippen MR) is 287 cm³/mol. The number of phosphoric ester groups is 1. The molecule has 462 valence electrons. The number of amides is 2. The van der Waals surface area contributed by atoms with E-state index in [1.165, 1.54) is 40.7 Å². The summed E-state index contributed by atoms with van der Waals surface area (Å²) < 4.78 is 214. The highest BCUT2D eigenvalue weighted by Gasteiger charge is 2.68. The molecule has 0 radical (unpaired) electrons. The molecule has 0 bridgehead atoms. The first-order valence-corrected chi connectivity index (χ1v) is 30.1. The molecule has 1 saturated carbocycles. The lowest BCUT2D eigenvalue weighted by Gasteiger charge is -2.31. The van der Waals surface area contributed by atoms with Crippen LogP contribution in [0.25, 0.3) is 22.0 Å². The van der Waals surface area contributed by atoms with Crippen LogP contribution in [0.1, 0.15) is 109 Å². The molecule has 3 aromatic heterocycles. The van der Waals surface area contributed by atoms with Crippen LogP contribution in [0.2, 0.25) is 5.02 Å². The molecule has 1 fully saturated rings. The fraction of sp³-hybridized carbons (Fsp3) is 0.396. The van der Waals surface area contributed by atoms with E-state index < -0.39 is 194 Å². The standard InChI is InChI=1S/C53H49ClF10N7O12PS2/c1-25-13-26(18-41(74)75)17-38(83-84(76,77)78)44(25)49(2,3)21-40(73)71(85(79)80)22-37-43-35(54)10-9-32(46(43)70(67-37)24-51(57,58)59)31-8-7-30(11-12-50(4,5)86(6,81)82)65-45(31)36(16-27-14-28(55)19-29(56)15-27)66-39(72)23-69-48-42(47(68-69)53(62,63)64)33-20-34(33)52(48,60)61/h7-10,13-15,17,19,33-34,36H,16,18,20-24H2,1-6H3,(H,66,72)(H,74,75)(H,79,80)(H2,76,77,78)/t33-,34+,36?/m0/s1. The monoisotopic (exact) mass is 1300 g/mol. The second-order valence-corrected chi connectivity index (χ2v) is 26.8. The molecule has 2 aliphatic carbocycles. The number of fused-ring (bicyclic) bond motifs is 4. The van der Waals surface area contributed by atoms with Gasteiger partial charge < -0.3 is 14.9 Å². The molecule has 2 unspecified atom stereocenters. The van der Waals surface area contributed by atoms with Crippen LogP contribution in [0.4, 0.5) is 43.9 Å². The van der Waals surface area contributed by atoms with E-state index in [1.807, 2.05) is 0 Å². The van der Waals surface area contributed by atoms with Crippen molar-refractivity contribution in [3.63, 3.8) is 0 Å². The summed E-state index contributed by atoms with van der Waals surface area (Å²) in [6.07, 6.45) is -12.0. The second-order valence-electron chi connectivity index (χ2n) is 21.8. The van der Waals surface area contributed by atoms with Gasteiger partial charge in [0.15, 0.2) is 15.5 Å². The van der Waals surface area contributed by atoms with Gasteiger partial charge in [-0.05, 0) is 98.5 Å². The van der Waals surface area contributed by atoms with Gasteiger partial charge in [-0.3, -0.25) is 38.1 Å². The summed E-state index contributed by atoms with van der Waals surface area (Å²) in [7, 11) is -9.34. The number of hydrogen-bond donors (Lipinski definition) is 5. The number of carbonyl (C=O) groups excluding carboxylic acids is 2. The summed E-state index contributed by atoms with van der Waals surface area (Å²) in [5, 5.41) is 18.5. The molecule has 3 aromatic carbocycles. The highest BCUT2D eigenvalue weighted by molar-refractivity contribution is 7.92. The number of alkyl halides is 8. The quantitative estimate of drug-likeness (QED) is 0.0219. The van der Waals surface area contributed by atoms with Crippen LogP contribution in [0.5, 0.6) is 5.75 Å². The first kappa shape index (κ1) is 65.0. The summed E-state index contributed by atoms with van der Waals surface area (Å²) in [6.45, 7) is 2.15. The van der Waals surface area contributed by atoms with Crippen molar-refractivity contribution in [2.45, 2.75) is 120 Å². The SMILES string of the molecule is Cc1cc(CC(=O)O)cc(OP(=O)(O)O)c1C(C)(C)CC(=O)N(Cc1nn(CC(F)(F)F)c2c(-c3ccc(C#CC(C)(C)S(C)(=O)=O)nc3C(Cc3cc(F)cc(F)c3)NC(=O)Cn3nc(C(F)(F)F)c4c3C(F)(F)[C@@H]3C[C@H]43)ccc(Cl)c12)S(=O)O. The lowest BCUT2D eigenvalue weighted by atomic mass is 9.78. The number of carbonyl (C=O) groups is 3. The smallest absolute Gasteiger partial charge is 0.481 e. The number of carboxylic acids is 1. The van der Waals surface area contributed by atoms with Crippen molar-refractivity contribution in [2.75, 3.05) is 6.26 Å². The summed E-state index contributed by atoms with van der Waals surface area (Å²) >= 11 is 3.42. The Morgan fingerprint density at radius 3 is 2.19 bits per heavy atom. The Kier molecular flexibility index (Phi) is 17.4. The molecule has 3 heterocycles. The highest BCUT2D eigenvalue weighted by atomic mass is 35.5. The van der Waals surface area contributed by atoms with Gasteiger partial charge >= 0.3 is 26.1 Å². The molecule has 0 spiro atoms. The van der Waals surface area contributed by atoms with Crippen LogP contribution >= 0.6 is 19.4 Å². The number of sulfone groups is 1. The van der Waals surface area contributed by atoms with E-state index in [-0.39, 0.29) is 54.5 Å². The highest BCUT2D eigenvalue weighted by Crippen LogP contribution is 2.68. The first-order valence-electron chi connectivity index (χ1n) is 25.3. The van der Waals surface area contributed by atoms with Gasteiger partial charge in [0.05, 0.1) is 40.9 Å². The number of phosphoric acid groups is 1. The molecule has 86 heavy (non-hydrogen) atoms. The van der Waals surface area contributed by atoms with Crippen LogP contribution in [-0.4, -0.2) is 95.9 Å². The van der Waals surface area contributed by atoms with E-state index in [1.54, 1.807) is 0 Å². The Bertz CT molecular complexity index is 4030. The fourth-order valence-corrected chi connectivity index (χ4v) is 11.9. The third kappa shape index (κ3) is 13.9. The third-order valence-electron chi connectivity index (χ3n) is 14.4. The van der Waals surface area contributed by atoms with E-state index in [2.05, 4.69) is 32.3 Å². The Morgan fingerprint density at radius 2 is 1.60 bits per heavy atom. The van der Waals surface area contributed by atoms with Gasteiger partial charge in [0.1, 0.15) is 46.6 Å². The molecule has 0 aliphatic heterocycles. The minimum atomic E-state index is -5.39. The van der Waals surface area contributed by atoms with Gasteiger partial charge in [0.25, 0.3) is 17.2 Å². The number of aryl methyl sites for hydroxylation is 1. The molecule has 0 saturated heterocycles. The second kappa shape index (κ2) is 23.0. The van der Waals surface area contributed by atoms with E-state index >= 15 is 8.78 Å². The molecule has 19 nitrogen and oxygen atoms in total. The Labute approximate surface area is 489 Å². The maximum Gasteiger partial charge on any atom is 0.524 e. The molecular weight excluding hydrogens is 1250 g/mol. The van der Waals surface area contributed by atoms with Crippen molar-refractivity contribution >= 4 is 69.2 Å². The summed E-state index contributed by atoms with van der Waals surface area (Å²) in [4.78, 5) is 64.3. The number of nitrogens with zero attached hydrogens (tertiary/aromatic N) is 6. The van der Waals surface area contributed by atoms with Crippen LogP contribution in [0.3, 0.4) is 0 Å². The zero-order valence-corrected chi connectivity index (χ0v) is 48.8. The summed E-state index contributed by atoms with van der Waals surface area (Å²) in [6, 6.07) is 7.10. The fourth-order valence-electron chi connectivity index (χ4n) is 10.6. The maximum absolute atomic E-state index is 15.7. The number of carboxylic acid groups (broad SMARTS) is 1. The van der Waals surface area contributed by atoms with Crippen molar-refractivity contribution in [3.05, 3.63) is 128 Å². The van der Waals surface area contributed by atoms with Crippen LogP contribution in [-0.2, 0) is 90.0 Å². The number of nitrogens with one attached hydrogen (secondary N) is 1. The minimum Gasteiger partial charge on any atom is -0.481 e. The van der Waals surface area contributed by atoms with Crippen molar-refractivity contribution in [1.82, 2.24) is 34.2 Å². The number of aromatic nitrogens is 5. The number of halogens is 11. The molecule has 6 aromatic rings. The Morgan fingerprint density at radius 1 is 0.965 bits per heavy atom. The third-order valence-corrected chi connectivity index (χ3v) is 17.8. The van der Waals surface area contributed by atoms with Crippen molar-refractivity contribution < 1.29 is 99.4 Å². The maximum atomic E-state index is 15.7. The Hall–Kier alpha value is -6.94. The van der Waals surface area contributed by atoms with E-state index in [0.29, 0.717) is 10.7 Å². The van der Waals surface area contributed by atoms with Gasteiger partial charge in [-0.2, -0.15) is 45.3 Å². The molecule has 5 N–H and O–H groups in total. The van der Waals surface area contributed by atoms with Crippen molar-refractivity contribution in [2.24, 2.45) is 5.92 Å². The lowest BCUT2D eigenvalue weighted by molar-refractivity contribution is -0.143. The van der Waals surface area contributed by atoms with Gasteiger partial charge in [0, 0.05) is 57.7 Å². The zero-order chi connectivity index (χ0) is 63.9. The average Bonchev–Trinajstić information content (AvgIpc) is 2.15. The van der Waals surface area contributed by atoms with Crippen LogP contribution in [0.15, 0.2) is 54.6 Å². The normalized spacial score (nSPS) is 16.7. The number of hydrogen-bond acceptors (Lipinski definition) is 11. The molecule has 33 heteroatoms. The van der Waals surface area contributed by atoms with Crippen molar-refractivity contribution in [1.29, 1.82) is 0 Å². The van der Waals surface area contributed by atoms with Crippen LogP contribution < -0.4 is 9.84 Å². The number of benzene rings is 3. The summed E-state index contributed by atoms with van der Waals surface area (Å²) in [5.41, 5.74) is -8.02. The number of aliphatic carboxylic acids is 1. The van der Waals surface area contributed by atoms with Gasteiger partial charge in [-0.15, -0.1) is 0 Å². The van der Waals surface area contributed by atoms with E-state index in [0.717, 1.165) is 48.7 Å². The lowest BCUT2D eigenvalue weighted by Crippen LogP contribution is -2.37. The first-order chi connectivity index (χ1) is 39.5. The number of pyridine rings is 1. The summed E-state index contributed by atoms with van der Waals surface area (Å²) in [5.74, 6) is -8.34. The largest absolute Gasteiger partial charge is 0.524 e. The van der Waals surface area contributed by atoms with Crippen LogP contribution in [0, 0.1) is 36.3 Å². The van der Waals surface area contributed by atoms with Gasteiger partial charge in [-0.25, -0.2) is 35.3 Å². The molecule has 2 aliphatic rings. The van der Waals surface area contributed by atoms with Crippen molar-refractivity contribution in [3.8, 4) is 28.7 Å². The van der Waals surface area contributed by atoms with E-state index in [9.17, 15) is 86.1 Å². The Balaban J connectivity index is 1.29. The van der Waals surface area contributed by atoms with E-state index in [4.69, 9.17) is 16.1 Å². The minimum absolute atomic E-state index is 0.0213.